The van der Waals surface area contributed by atoms with Crippen LogP contribution in [0.15, 0.2) is 36.4 Å². The van der Waals surface area contributed by atoms with Crippen molar-refractivity contribution in [1.29, 1.82) is 0 Å². The van der Waals surface area contributed by atoms with E-state index in [2.05, 4.69) is 26.7 Å². The molecular weight excluding hydrogens is 693 g/mol. The van der Waals surface area contributed by atoms with Crippen LogP contribution >= 0.6 is 11.6 Å². The maximum atomic E-state index is 13.6. The predicted octanol–water partition coefficient (Wildman–Crippen LogP) is 6.12. The molecule has 2 aromatic carbocycles. The molecule has 51 heavy (non-hydrogen) atoms. The SMILES string of the molecule is C[C@@H]1[C@@H](C)CCC[C@H]([C@H]2OC[C@@H](N3CC(F)C3)CO2)[C@@H]2CC[C@H]2CN2C[C@@]3(CCCc4cc(Cl)ccc43)COc3ccc(cc32)C(=O)NS1(=O)=O. The third-order valence-electron chi connectivity index (χ3n) is 13.1. The van der Waals surface area contributed by atoms with Crippen molar-refractivity contribution in [2.75, 3.05) is 50.9 Å². The smallest absolute Gasteiger partial charge is 0.264 e. The molecule has 4 heterocycles. The lowest BCUT2D eigenvalue weighted by Crippen LogP contribution is -2.59. The zero-order valence-electron chi connectivity index (χ0n) is 29.7. The van der Waals surface area contributed by atoms with E-state index in [1.807, 2.05) is 25.1 Å². The van der Waals surface area contributed by atoms with Gasteiger partial charge in [-0.2, -0.15) is 0 Å². The molecule has 0 radical (unpaired) electrons. The van der Waals surface area contributed by atoms with Crippen LogP contribution in [0.25, 0.3) is 0 Å². The van der Waals surface area contributed by atoms with Gasteiger partial charge in [0.1, 0.15) is 11.9 Å². The van der Waals surface area contributed by atoms with Crippen molar-refractivity contribution in [3.8, 4) is 5.75 Å². The molecule has 3 fully saturated rings. The van der Waals surface area contributed by atoms with Gasteiger partial charge in [-0.05, 0) is 111 Å². The lowest BCUT2D eigenvalue weighted by molar-refractivity contribution is -0.249. The predicted molar refractivity (Wildman–Crippen MR) is 195 cm³/mol. The van der Waals surface area contributed by atoms with Crippen LogP contribution in [0.1, 0.15) is 80.3 Å². The van der Waals surface area contributed by atoms with Gasteiger partial charge >= 0.3 is 0 Å². The summed E-state index contributed by atoms with van der Waals surface area (Å²) >= 11 is 6.47. The number of alkyl halides is 1. The monoisotopic (exact) mass is 743 g/mol. The second kappa shape index (κ2) is 14.1. The van der Waals surface area contributed by atoms with Crippen LogP contribution in [0.4, 0.5) is 10.1 Å². The maximum absolute atomic E-state index is 13.6. The van der Waals surface area contributed by atoms with Crippen LogP contribution in [0.3, 0.4) is 0 Å². The maximum Gasteiger partial charge on any atom is 0.264 e. The van der Waals surface area contributed by atoms with E-state index >= 15 is 0 Å². The van der Waals surface area contributed by atoms with E-state index in [9.17, 15) is 17.6 Å². The number of nitrogens with zero attached hydrogens (tertiary/aromatic N) is 2. The Morgan fingerprint density at radius 1 is 0.961 bits per heavy atom. The first-order valence-electron chi connectivity index (χ1n) is 19.0. The second-order valence-corrected chi connectivity index (χ2v) is 18.8. The summed E-state index contributed by atoms with van der Waals surface area (Å²) in [5, 5.41) is -0.00953. The van der Waals surface area contributed by atoms with Crippen molar-refractivity contribution >= 4 is 33.2 Å². The molecule has 278 valence electrons. The number of anilines is 1. The first kappa shape index (κ1) is 35.6. The zero-order chi connectivity index (χ0) is 35.5. The molecule has 9 nitrogen and oxygen atoms in total. The highest BCUT2D eigenvalue weighted by atomic mass is 35.5. The molecule has 2 aromatic rings. The number of rotatable bonds is 2. The molecule has 2 aliphatic carbocycles. The topological polar surface area (TPSA) is 97.4 Å². The summed E-state index contributed by atoms with van der Waals surface area (Å²) in [6.45, 7) is 7.58. The van der Waals surface area contributed by atoms with Gasteiger partial charge in [0.25, 0.3) is 5.91 Å². The van der Waals surface area contributed by atoms with Crippen molar-refractivity contribution in [3.63, 3.8) is 0 Å². The number of ether oxygens (including phenoxy) is 3. The Labute approximate surface area is 306 Å². The standard InChI is InChI=1S/C39H51ClFN3O6S/c1-24-5-3-7-33(38-48-20-31(21-49-38)43-18-30(41)19-43)32-11-8-28(32)17-44-22-39(14-4-6-26-15-29(40)10-12-34(26)39)23-50-36-13-9-27(16-35(36)44)37(45)42-51(46,47)25(24)2/h9-10,12-13,15-16,24-25,28,30-33,38H,3-8,11,14,17-23H2,1-2H3,(H,42,45)/t24-,25+,28-,31-,32+,33-,38+,39-/m0/s1. The van der Waals surface area contributed by atoms with Crippen LogP contribution < -0.4 is 14.4 Å². The van der Waals surface area contributed by atoms with Crippen molar-refractivity contribution in [2.45, 2.75) is 94.4 Å². The van der Waals surface area contributed by atoms with Gasteiger partial charge in [0, 0.05) is 48.1 Å². The Morgan fingerprint density at radius 2 is 1.76 bits per heavy atom. The Bertz CT molecular complexity index is 1730. The summed E-state index contributed by atoms with van der Waals surface area (Å²) in [5.41, 5.74) is 3.38. The number of aryl methyl sites for hydroxylation is 1. The van der Waals surface area contributed by atoms with Gasteiger partial charge in [0.2, 0.25) is 10.0 Å². The highest BCUT2D eigenvalue weighted by molar-refractivity contribution is 7.90. The van der Waals surface area contributed by atoms with E-state index in [4.69, 9.17) is 25.8 Å². The summed E-state index contributed by atoms with van der Waals surface area (Å²) in [6, 6.07) is 11.6. The number of benzene rings is 2. The van der Waals surface area contributed by atoms with Crippen LogP contribution in [-0.4, -0.2) is 89.0 Å². The first-order chi connectivity index (χ1) is 24.5. The number of carbonyl (C=O) groups excluding carboxylic acids is 1. The second-order valence-electron chi connectivity index (χ2n) is 16.3. The lowest BCUT2D eigenvalue weighted by atomic mass is 9.64. The molecule has 6 aliphatic rings. The molecular formula is C39H51ClFN3O6S. The average Bonchev–Trinajstić information content (AvgIpc) is 3.24. The van der Waals surface area contributed by atoms with Crippen LogP contribution in [0.2, 0.25) is 5.02 Å². The number of sulfonamides is 1. The third kappa shape index (κ3) is 6.91. The summed E-state index contributed by atoms with van der Waals surface area (Å²) in [5.74, 6) is 0.826. The normalized spacial score (nSPS) is 36.0. The number of hydrogen-bond acceptors (Lipinski definition) is 8. The number of nitrogens with one attached hydrogen (secondary N) is 1. The fourth-order valence-corrected chi connectivity index (χ4v) is 11.2. The van der Waals surface area contributed by atoms with E-state index < -0.39 is 27.4 Å². The van der Waals surface area contributed by atoms with Crippen molar-refractivity contribution < 1.29 is 31.8 Å². The summed E-state index contributed by atoms with van der Waals surface area (Å²) in [7, 11) is -3.93. The highest BCUT2D eigenvalue weighted by Gasteiger charge is 2.47. The van der Waals surface area contributed by atoms with Crippen molar-refractivity contribution in [2.24, 2.45) is 23.7 Å². The highest BCUT2D eigenvalue weighted by Crippen LogP contribution is 2.49. The number of fused-ring (bicyclic) bond motifs is 4. The van der Waals surface area contributed by atoms with E-state index in [1.165, 1.54) is 11.1 Å². The fraction of sp³-hybridized carbons (Fsp3) is 0.667. The van der Waals surface area contributed by atoms with Gasteiger partial charge in [-0.25, -0.2) is 17.5 Å². The zero-order valence-corrected chi connectivity index (χ0v) is 31.3. The van der Waals surface area contributed by atoms with Gasteiger partial charge in [-0.3, -0.25) is 9.69 Å². The van der Waals surface area contributed by atoms with Gasteiger partial charge in [-0.15, -0.1) is 0 Å². The largest absolute Gasteiger partial charge is 0.490 e. The Morgan fingerprint density at radius 3 is 2.51 bits per heavy atom. The van der Waals surface area contributed by atoms with Crippen molar-refractivity contribution in [3.05, 3.63) is 58.1 Å². The van der Waals surface area contributed by atoms with Gasteiger partial charge in [-0.1, -0.05) is 31.0 Å². The quantitative estimate of drug-likeness (QED) is 0.394. The van der Waals surface area contributed by atoms with Gasteiger partial charge in [0.15, 0.2) is 6.29 Å². The summed E-state index contributed by atoms with van der Waals surface area (Å²) in [4.78, 5) is 18.1. The molecule has 1 saturated carbocycles. The Hall–Kier alpha value is -2.44. The number of likely N-dealkylation sites (tertiary alicyclic amines) is 1. The number of amides is 1. The van der Waals surface area contributed by atoms with Gasteiger partial charge < -0.3 is 19.1 Å². The Kier molecular flexibility index (Phi) is 9.83. The molecule has 6 atom stereocenters. The lowest BCUT2D eigenvalue weighted by Gasteiger charge is -2.50. The average molecular weight is 744 g/mol. The molecule has 0 unspecified atom stereocenters. The first-order valence-corrected chi connectivity index (χ1v) is 20.9. The van der Waals surface area contributed by atoms with Crippen molar-refractivity contribution in [1.82, 2.24) is 9.62 Å². The minimum Gasteiger partial charge on any atom is -0.490 e. The van der Waals surface area contributed by atoms with Gasteiger partial charge in [0.05, 0.1) is 36.8 Å². The molecule has 2 bridgehead atoms. The molecule has 0 aromatic heterocycles. The number of carbonyl (C=O) groups is 1. The molecule has 1 amide bonds. The van der Waals surface area contributed by atoms with E-state index in [0.29, 0.717) is 69.0 Å². The molecule has 12 heteroatoms. The molecule has 1 N–H and O–H groups in total. The summed E-state index contributed by atoms with van der Waals surface area (Å²) in [6.07, 6.45) is 6.40. The molecule has 8 rings (SSSR count). The van der Waals surface area contributed by atoms with Crippen LogP contribution in [-0.2, 0) is 31.3 Å². The minimum absolute atomic E-state index is 0.0742. The minimum atomic E-state index is -3.93. The van der Waals surface area contributed by atoms with E-state index in [-0.39, 0.29) is 29.6 Å². The van der Waals surface area contributed by atoms with Crippen LogP contribution in [0.5, 0.6) is 5.75 Å². The number of halogens is 2. The molecule has 2 saturated heterocycles. The number of hydrogen-bond donors (Lipinski definition) is 1. The molecule has 4 aliphatic heterocycles. The van der Waals surface area contributed by atoms with E-state index in [1.54, 1.807) is 13.0 Å². The third-order valence-corrected chi connectivity index (χ3v) is 15.3. The molecule has 1 spiro atoms. The Balaban J connectivity index is 1.13. The van der Waals surface area contributed by atoms with Crippen LogP contribution in [0, 0.1) is 23.7 Å². The summed E-state index contributed by atoms with van der Waals surface area (Å²) < 4.78 is 62.7. The fourth-order valence-electron chi connectivity index (χ4n) is 9.69. The van der Waals surface area contributed by atoms with E-state index in [0.717, 1.165) is 62.2 Å².